The first kappa shape index (κ1) is 36.8. The smallest absolute Gasteiger partial charge is 0.331 e. The second-order valence-electron chi connectivity index (χ2n) is 13.4. The van der Waals surface area contributed by atoms with Gasteiger partial charge >= 0.3 is 12.0 Å². The summed E-state index contributed by atoms with van der Waals surface area (Å²) in [4.78, 5) is 50.9. The van der Waals surface area contributed by atoms with Gasteiger partial charge in [-0.05, 0) is 119 Å². The molecule has 3 amide bonds. The van der Waals surface area contributed by atoms with E-state index in [2.05, 4.69) is 63.4 Å². The number of piperidine rings is 1. The number of anilines is 2. The molecule has 0 aliphatic carbocycles. The number of carbonyl (C=O) groups is 3. The van der Waals surface area contributed by atoms with Gasteiger partial charge in [-0.1, -0.05) is 18.2 Å². The van der Waals surface area contributed by atoms with Gasteiger partial charge in [0.25, 0.3) is 5.91 Å². The minimum Gasteiger partial charge on any atom is -0.480 e. The predicted octanol–water partition coefficient (Wildman–Crippen LogP) is 4.37. The number of benzene rings is 3. The first-order valence-electron chi connectivity index (χ1n) is 17.0. The zero-order valence-electron chi connectivity index (χ0n) is 28.4. The molecule has 13 nitrogen and oxygen atoms in total. The Morgan fingerprint density at radius 1 is 1.00 bits per heavy atom. The molecule has 15 heteroatoms. The number of urea groups is 1. The maximum Gasteiger partial charge on any atom is 0.331 e. The van der Waals surface area contributed by atoms with E-state index >= 15 is 0 Å². The second kappa shape index (κ2) is 15.7. The van der Waals surface area contributed by atoms with Crippen LogP contribution in [-0.2, 0) is 23.2 Å². The fraction of sp³-hybridized carbons (Fsp3) is 0.389. The molecule has 2 saturated heterocycles. The van der Waals surface area contributed by atoms with Gasteiger partial charge in [-0.15, -0.1) is 0 Å². The molecule has 1 atom stereocenters. The molecule has 3 aromatic carbocycles. The van der Waals surface area contributed by atoms with Gasteiger partial charge in [0.2, 0.25) is 0 Å². The lowest BCUT2D eigenvalue weighted by atomic mass is 9.91. The van der Waals surface area contributed by atoms with Crippen molar-refractivity contribution in [1.82, 2.24) is 30.0 Å². The number of halogens is 2. The minimum atomic E-state index is -1.81. The number of nitrogens with one attached hydrogen (secondary N) is 3. The van der Waals surface area contributed by atoms with Crippen molar-refractivity contribution < 1.29 is 19.5 Å². The van der Waals surface area contributed by atoms with E-state index in [0.717, 1.165) is 57.7 Å². The van der Waals surface area contributed by atoms with Gasteiger partial charge in [-0.25, -0.2) is 14.6 Å². The quantitative estimate of drug-likeness (QED) is 0.154. The Kier molecular flexibility index (Phi) is 11.3. The van der Waals surface area contributed by atoms with E-state index in [-0.39, 0.29) is 24.2 Å². The third-order valence-electron chi connectivity index (χ3n) is 9.84. The lowest BCUT2D eigenvalue weighted by Crippen LogP contribution is -2.47. The van der Waals surface area contributed by atoms with Crippen molar-refractivity contribution in [3.8, 4) is 0 Å². The van der Waals surface area contributed by atoms with Crippen LogP contribution in [0.2, 0.25) is 0 Å². The van der Waals surface area contributed by atoms with Crippen LogP contribution in [0.5, 0.6) is 0 Å². The van der Waals surface area contributed by atoms with Crippen molar-refractivity contribution in [3.05, 3.63) is 86.1 Å². The number of likely N-dealkylation sites (N-methyl/N-ethyl adjacent to an activating group) is 1. The number of nitrogen functional groups attached to an aromatic ring is 1. The van der Waals surface area contributed by atoms with Crippen LogP contribution in [0, 0.1) is 0 Å². The summed E-state index contributed by atoms with van der Waals surface area (Å²) in [7, 11) is 2.03. The molecule has 8 N–H and O–H groups in total. The minimum absolute atomic E-state index is 0.0211. The highest BCUT2D eigenvalue weighted by Crippen LogP contribution is 2.33. The molecule has 3 aliphatic heterocycles. The van der Waals surface area contributed by atoms with Crippen molar-refractivity contribution in [3.63, 3.8) is 0 Å². The molecule has 270 valence electrons. The molecule has 4 heterocycles. The van der Waals surface area contributed by atoms with Crippen LogP contribution < -0.4 is 22.1 Å². The first-order chi connectivity index (χ1) is 24.4. The maximum atomic E-state index is 12.9. The van der Waals surface area contributed by atoms with Crippen LogP contribution >= 0.6 is 31.9 Å². The Morgan fingerprint density at radius 3 is 2.37 bits per heavy atom. The van der Waals surface area contributed by atoms with Gasteiger partial charge in [0, 0.05) is 65.4 Å². The zero-order valence-corrected chi connectivity index (χ0v) is 31.6. The SMILES string of the molecule is CN1CCN(C(=O)c2ccc3nc([C@](N)(Cc4cc(Br)c(N)c(Br)c4)C(=O)O)[nH]c3c2)CC1.O=C1Nc2ccccc2CCN1C1CCNCC1. The molecule has 7 rings (SSSR count). The number of carbonyl (C=O) groups excluding carboxylic acids is 2. The molecular weight excluding hydrogens is 782 g/mol. The number of rotatable bonds is 6. The van der Waals surface area contributed by atoms with Crippen LogP contribution in [-0.4, -0.2) is 107 Å². The number of imidazole rings is 1. The van der Waals surface area contributed by atoms with Crippen molar-refractivity contribution in [2.45, 2.75) is 37.3 Å². The third-order valence-corrected chi connectivity index (χ3v) is 11.1. The van der Waals surface area contributed by atoms with Gasteiger partial charge < -0.3 is 46.9 Å². The lowest BCUT2D eigenvalue weighted by Gasteiger charge is -2.33. The number of para-hydroxylation sites is 1. The van der Waals surface area contributed by atoms with E-state index < -0.39 is 11.5 Å². The summed E-state index contributed by atoms with van der Waals surface area (Å²) in [6.45, 7) is 5.84. The molecule has 0 unspecified atom stereocenters. The molecule has 0 spiro atoms. The van der Waals surface area contributed by atoms with E-state index in [0.29, 0.717) is 55.9 Å². The van der Waals surface area contributed by atoms with Gasteiger partial charge in [0.05, 0.1) is 16.7 Å². The Morgan fingerprint density at radius 2 is 1.69 bits per heavy atom. The van der Waals surface area contributed by atoms with Crippen LogP contribution in [0.4, 0.5) is 16.2 Å². The van der Waals surface area contributed by atoms with Crippen molar-refractivity contribution in [1.29, 1.82) is 0 Å². The van der Waals surface area contributed by atoms with E-state index in [1.807, 2.05) is 35.0 Å². The van der Waals surface area contributed by atoms with Crippen LogP contribution in [0.15, 0.2) is 63.5 Å². The van der Waals surface area contributed by atoms with Crippen molar-refractivity contribution >= 4 is 72.2 Å². The number of aliphatic carboxylic acids is 1. The number of carboxylic acids is 1. The van der Waals surface area contributed by atoms with Gasteiger partial charge in [-0.2, -0.15) is 0 Å². The molecule has 0 bridgehead atoms. The average molecular weight is 826 g/mol. The Labute approximate surface area is 313 Å². The summed E-state index contributed by atoms with van der Waals surface area (Å²) in [6.07, 6.45) is 3.04. The Balaban J connectivity index is 0.000000208. The predicted molar refractivity (Wildman–Crippen MR) is 205 cm³/mol. The third kappa shape index (κ3) is 8.23. The molecule has 1 aromatic heterocycles. The monoisotopic (exact) mass is 823 g/mol. The maximum absolute atomic E-state index is 12.9. The molecular formula is C36H43Br2N9O4. The number of hydrogen-bond acceptors (Lipinski definition) is 8. The van der Waals surface area contributed by atoms with Gasteiger partial charge in [0.1, 0.15) is 5.82 Å². The fourth-order valence-electron chi connectivity index (χ4n) is 6.72. The molecule has 51 heavy (non-hydrogen) atoms. The van der Waals surface area contributed by atoms with Crippen molar-refractivity contribution in [2.75, 3.05) is 63.9 Å². The van der Waals surface area contributed by atoms with Gasteiger partial charge in [0.15, 0.2) is 5.54 Å². The summed E-state index contributed by atoms with van der Waals surface area (Å²) < 4.78 is 1.27. The zero-order chi connectivity index (χ0) is 36.3. The highest BCUT2D eigenvalue weighted by atomic mass is 79.9. The largest absolute Gasteiger partial charge is 0.480 e. The molecule has 0 saturated carbocycles. The number of carboxylic acid groups (broad SMARTS) is 1. The normalized spacial score (nSPS) is 18.2. The Hall–Kier alpha value is -4.02. The van der Waals surface area contributed by atoms with E-state index in [1.165, 1.54) is 5.56 Å². The molecule has 4 aromatic rings. The van der Waals surface area contributed by atoms with E-state index in [4.69, 9.17) is 11.5 Å². The number of aromatic nitrogens is 2. The van der Waals surface area contributed by atoms with Crippen LogP contribution in [0.25, 0.3) is 11.0 Å². The molecule has 3 aliphatic rings. The van der Waals surface area contributed by atoms with Crippen LogP contribution in [0.3, 0.4) is 0 Å². The summed E-state index contributed by atoms with van der Waals surface area (Å²) in [6, 6.07) is 17.1. The molecule has 2 fully saturated rings. The summed E-state index contributed by atoms with van der Waals surface area (Å²) in [5.41, 5.74) is 15.5. The fourth-order valence-corrected chi connectivity index (χ4v) is 8.01. The van der Waals surface area contributed by atoms with Crippen molar-refractivity contribution in [2.24, 2.45) is 5.73 Å². The standard InChI is InChI=1S/C22H24Br2N6O3.C14H19N3O/c1-29-4-6-30(7-5-29)19(31)13-2-3-16-17(10-13)28-20(27-16)22(26,21(32)33)11-12-8-14(23)18(25)15(24)9-12;18-14-16-13-4-2-1-3-11(13)7-10-17(14)12-5-8-15-9-6-12/h2-3,8-10H,4-7,11,25-26H2,1H3,(H,27,28)(H,32,33);1-4,12,15H,5-10H2,(H,16,18)/t22-;/m1./s1. The molecule has 0 radical (unpaired) electrons. The Bertz CT molecular complexity index is 1900. The highest BCUT2D eigenvalue weighted by Gasteiger charge is 2.40. The number of fused-ring (bicyclic) bond motifs is 2. The lowest BCUT2D eigenvalue weighted by molar-refractivity contribution is -0.144. The number of H-pyrrole nitrogens is 1. The van der Waals surface area contributed by atoms with E-state index in [9.17, 15) is 19.5 Å². The number of nitrogens with zero attached hydrogens (tertiary/aromatic N) is 4. The first-order valence-corrected chi connectivity index (χ1v) is 18.6. The van der Waals surface area contributed by atoms with Gasteiger partial charge in [-0.3, -0.25) is 4.79 Å². The number of aromatic amines is 1. The average Bonchev–Trinajstić information content (AvgIpc) is 3.48. The number of amides is 3. The number of nitrogens with two attached hydrogens (primary N) is 2. The number of hydrogen-bond donors (Lipinski definition) is 6. The topological polar surface area (TPSA) is 186 Å². The second-order valence-corrected chi connectivity index (χ2v) is 15.1. The summed E-state index contributed by atoms with van der Waals surface area (Å²) in [5.74, 6) is -1.17. The number of piperazine rings is 1. The summed E-state index contributed by atoms with van der Waals surface area (Å²) >= 11 is 6.76. The summed E-state index contributed by atoms with van der Waals surface area (Å²) in [5, 5.41) is 16.4. The highest BCUT2D eigenvalue weighted by molar-refractivity contribution is 9.11. The van der Waals surface area contributed by atoms with Crippen LogP contribution in [0.1, 0.15) is 40.2 Å². The van der Waals surface area contributed by atoms with E-state index in [1.54, 1.807) is 30.3 Å².